The summed E-state index contributed by atoms with van der Waals surface area (Å²) in [7, 11) is 0. The van der Waals surface area contributed by atoms with Crippen molar-refractivity contribution in [3.05, 3.63) is 16.6 Å². The number of nitrogens with zero attached hydrogens (tertiary/aromatic N) is 2. The van der Waals surface area contributed by atoms with Crippen LogP contribution in [0.15, 0.2) is 5.38 Å². The maximum Gasteiger partial charge on any atom is 0.326 e. The van der Waals surface area contributed by atoms with Gasteiger partial charge in [-0.2, -0.15) is 4.37 Å². The predicted molar refractivity (Wildman–Crippen MR) is 74.8 cm³/mol. The van der Waals surface area contributed by atoms with Gasteiger partial charge in [-0.05, 0) is 43.6 Å². The Balaban J connectivity index is 1.93. The van der Waals surface area contributed by atoms with Gasteiger partial charge in [-0.15, -0.1) is 0 Å². The minimum Gasteiger partial charge on any atom is -0.480 e. The lowest BCUT2D eigenvalue weighted by molar-refractivity contribution is -0.141. The Kier molecular flexibility index (Phi) is 3.50. The van der Waals surface area contributed by atoms with Crippen LogP contribution in [0.3, 0.4) is 0 Å². The van der Waals surface area contributed by atoms with E-state index in [4.69, 9.17) is 0 Å². The fourth-order valence-corrected chi connectivity index (χ4v) is 4.30. The van der Waals surface area contributed by atoms with Crippen LogP contribution in [0, 0.1) is 12.8 Å². The van der Waals surface area contributed by atoms with Gasteiger partial charge in [0.1, 0.15) is 6.04 Å². The largest absolute Gasteiger partial charge is 0.480 e. The minimum atomic E-state index is -0.881. The summed E-state index contributed by atoms with van der Waals surface area (Å²) in [6.45, 7) is 1.80. The third-order valence-corrected chi connectivity index (χ3v) is 5.31. The lowest BCUT2D eigenvalue weighted by Gasteiger charge is -2.32. The van der Waals surface area contributed by atoms with E-state index in [9.17, 15) is 14.7 Å². The van der Waals surface area contributed by atoms with E-state index in [1.54, 1.807) is 17.2 Å². The Hall–Kier alpha value is -1.43. The van der Waals surface area contributed by atoms with E-state index in [1.165, 1.54) is 11.5 Å². The van der Waals surface area contributed by atoms with Crippen LogP contribution in [0.5, 0.6) is 0 Å². The summed E-state index contributed by atoms with van der Waals surface area (Å²) < 4.78 is 4.13. The lowest BCUT2D eigenvalue weighted by atomic mass is 9.84. The second-order valence-corrected chi connectivity index (χ2v) is 6.36. The average molecular weight is 294 g/mol. The second-order valence-electron chi connectivity index (χ2n) is 5.73. The van der Waals surface area contributed by atoms with Gasteiger partial charge in [0.15, 0.2) is 0 Å². The fourth-order valence-electron chi connectivity index (χ4n) is 3.61. The molecule has 2 fully saturated rings. The second kappa shape index (κ2) is 5.16. The number of aromatic nitrogens is 1. The number of carboxylic acids is 1. The summed E-state index contributed by atoms with van der Waals surface area (Å²) in [5.74, 6) is -0.688. The third kappa shape index (κ3) is 2.12. The number of aliphatic carboxylic acids is 1. The van der Waals surface area contributed by atoms with Crippen molar-refractivity contribution in [2.24, 2.45) is 5.92 Å². The molecule has 1 N–H and O–H groups in total. The highest BCUT2D eigenvalue weighted by Crippen LogP contribution is 2.40. The van der Waals surface area contributed by atoms with Crippen molar-refractivity contribution in [2.75, 3.05) is 0 Å². The van der Waals surface area contributed by atoms with Gasteiger partial charge in [0.2, 0.25) is 0 Å². The normalized spacial score (nSPS) is 29.2. The van der Waals surface area contributed by atoms with Crippen molar-refractivity contribution < 1.29 is 14.7 Å². The van der Waals surface area contributed by atoms with Gasteiger partial charge < -0.3 is 10.0 Å². The van der Waals surface area contributed by atoms with E-state index in [-0.39, 0.29) is 11.9 Å². The molecule has 0 bridgehead atoms. The highest BCUT2D eigenvalue weighted by atomic mass is 32.1. The van der Waals surface area contributed by atoms with Gasteiger partial charge in [0.25, 0.3) is 5.91 Å². The van der Waals surface area contributed by atoms with Crippen LogP contribution in [-0.2, 0) is 4.79 Å². The van der Waals surface area contributed by atoms with Crippen molar-refractivity contribution in [3.63, 3.8) is 0 Å². The van der Waals surface area contributed by atoms with Crippen molar-refractivity contribution in [2.45, 2.75) is 51.1 Å². The molecule has 2 aliphatic rings. The molecule has 5 nitrogen and oxygen atoms in total. The van der Waals surface area contributed by atoms with Crippen LogP contribution in [0.2, 0.25) is 0 Å². The number of carbonyl (C=O) groups is 2. The summed E-state index contributed by atoms with van der Waals surface area (Å²) in [5.41, 5.74) is 1.26. The van der Waals surface area contributed by atoms with E-state index in [1.807, 2.05) is 0 Å². The van der Waals surface area contributed by atoms with Crippen LogP contribution in [0.4, 0.5) is 0 Å². The molecule has 20 heavy (non-hydrogen) atoms. The first-order valence-electron chi connectivity index (χ1n) is 7.06. The smallest absolute Gasteiger partial charge is 0.326 e. The van der Waals surface area contributed by atoms with Gasteiger partial charge in [-0.1, -0.05) is 12.8 Å². The zero-order valence-electron chi connectivity index (χ0n) is 11.4. The molecule has 1 amide bonds. The van der Waals surface area contributed by atoms with Gasteiger partial charge in [0.05, 0.1) is 11.3 Å². The molecule has 0 spiro atoms. The summed E-state index contributed by atoms with van der Waals surface area (Å²) in [6, 6.07) is -0.577. The Morgan fingerprint density at radius 2 is 2.15 bits per heavy atom. The zero-order chi connectivity index (χ0) is 14.3. The SMILES string of the molecule is Cc1nscc1C(=O)N1C(C(=O)O)CC2CCCCC21. The molecule has 0 aromatic carbocycles. The zero-order valence-corrected chi connectivity index (χ0v) is 12.2. The Morgan fingerprint density at radius 1 is 1.40 bits per heavy atom. The van der Waals surface area contributed by atoms with Gasteiger partial charge in [-0.3, -0.25) is 4.79 Å². The number of rotatable bonds is 2. The van der Waals surface area contributed by atoms with Gasteiger partial charge in [-0.25, -0.2) is 4.79 Å². The molecule has 1 saturated heterocycles. The third-order valence-electron chi connectivity index (χ3n) is 4.59. The van der Waals surface area contributed by atoms with E-state index in [0.29, 0.717) is 23.6 Å². The predicted octanol–water partition coefficient (Wildman–Crippen LogP) is 2.31. The van der Waals surface area contributed by atoms with Crippen molar-refractivity contribution in [3.8, 4) is 0 Å². The standard InChI is InChI=1S/C14H18N2O3S/c1-8-10(7-20-15-8)13(17)16-11-5-3-2-4-9(11)6-12(16)14(18)19/h7,9,11-12H,2-6H2,1H3,(H,18,19). The molecular weight excluding hydrogens is 276 g/mol. The number of aryl methyl sites for hydroxylation is 1. The summed E-state index contributed by atoms with van der Waals surface area (Å²) >= 11 is 1.25. The number of likely N-dealkylation sites (tertiary alicyclic amines) is 1. The molecule has 1 saturated carbocycles. The number of carboxylic acid groups (broad SMARTS) is 1. The maximum atomic E-state index is 12.7. The van der Waals surface area contributed by atoms with Gasteiger partial charge in [0, 0.05) is 11.4 Å². The number of fused-ring (bicyclic) bond motifs is 1. The van der Waals surface area contributed by atoms with Crippen LogP contribution < -0.4 is 0 Å². The van der Waals surface area contributed by atoms with Crippen molar-refractivity contribution >= 4 is 23.4 Å². The van der Waals surface area contributed by atoms with Gasteiger partial charge >= 0.3 is 5.97 Å². The van der Waals surface area contributed by atoms with Crippen LogP contribution in [0.25, 0.3) is 0 Å². The van der Waals surface area contributed by atoms with Crippen LogP contribution in [0.1, 0.15) is 48.2 Å². The molecule has 1 aromatic heterocycles. The summed E-state index contributed by atoms with van der Waals surface area (Å²) in [4.78, 5) is 25.9. The molecule has 1 aliphatic carbocycles. The van der Waals surface area contributed by atoms with E-state index < -0.39 is 12.0 Å². The topological polar surface area (TPSA) is 70.5 Å². The first-order chi connectivity index (χ1) is 9.59. The molecule has 108 valence electrons. The maximum absolute atomic E-state index is 12.7. The number of hydrogen-bond donors (Lipinski definition) is 1. The lowest BCUT2D eigenvalue weighted by Crippen LogP contribution is -2.46. The quantitative estimate of drug-likeness (QED) is 0.908. The first-order valence-corrected chi connectivity index (χ1v) is 7.89. The highest BCUT2D eigenvalue weighted by Gasteiger charge is 2.47. The van der Waals surface area contributed by atoms with E-state index in [0.717, 1.165) is 25.7 Å². The molecule has 2 heterocycles. The van der Waals surface area contributed by atoms with E-state index in [2.05, 4.69) is 4.37 Å². The molecular formula is C14H18N2O3S. The molecule has 3 atom stereocenters. The molecule has 1 aliphatic heterocycles. The fraction of sp³-hybridized carbons (Fsp3) is 0.643. The average Bonchev–Trinajstić information content (AvgIpc) is 3.01. The Bertz CT molecular complexity index is 542. The number of hydrogen-bond acceptors (Lipinski definition) is 4. The van der Waals surface area contributed by atoms with Crippen LogP contribution >= 0.6 is 11.5 Å². The number of amides is 1. The molecule has 1 aromatic rings. The molecule has 3 rings (SSSR count). The minimum absolute atomic E-state index is 0.0941. The first kappa shape index (κ1) is 13.5. The monoisotopic (exact) mass is 294 g/mol. The summed E-state index contributed by atoms with van der Waals surface area (Å²) in [5, 5.41) is 11.2. The van der Waals surface area contributed by atoms with Crippen LogP contribution in [-0.4, -0.2) is 38.3 Å². The molecule has 0 radical (unpaired) electrons. The van der Waals surface area contributed by atoms with Crippen molar-refractivity contribution in [1.29, 1.82) is 0 Å². The summed E-state index contributed by atoms with van der Waals surface area (Å²) in [6.07, 6.45) is 4.80. The Morgan fingerprint density at radius 3 is 2.80 bits per heavy atom. The van der Waals surface area contributed by atoms with E-state index >= 15 is 0 Å². The van der Waals surface area contributed by atoms with Crippen molar-refractivity contribution in [1.82, 2.24) is 9.27 Å². The molecule has 6 heteroatoms. The Labute approximate surface area is 121 Å². The highest BCUT2D eigenvalue weighted by molar-refractivity contribution is 7.03. The number of carbonyl (C=O) groups excluding carboxylic acids is 1. The molecule has 3 unspecified atom stereocenters.